The molecular weight excluding hydrogens is 404 g/mol. The smallest absolute Gasteiger partial charge is 0.257 e. The lowest BCUT2D eigenvalue weighted by molar-refractivity contribution is -0.113. The van der Waals surface area contributed by atoms with Gasteiger partial charge in [0.1, 0.15) is 5.52 Å². The number of fused-ring (bicyclic) bond motifs is 2. The number of oxazole rings is 1. The molecule has 2 heterocycles. The summed E-state index contributed by atoms with van der Waals surface area (Å²) in [7, 11) is -3.32. The van der Waals surface area contributed by atoms with E-state index in [9.17, 15) is 13.2 Å². The molecule has 0 atom stereocenters. The molecule has 0 aliphatic carbocycles. The molecule has 10 heteroatoms. The average Bonchev–Trinajstić information content (AvgIpc) is 3.31. The van der Waals surface area contributed by atoms with Gasteiger partial charge in [-0.25, -0.2) is 13.4 Å². The predicted molar refractivity (Wildman–Crippen MR) is 104 cm³/mol. The highest BCUT2D eigenvalue weighted by Crippen LogP contribution is 2.34. The van der Waals surface area contributed by atoms with Crippen molar-refractivity contribution in [3.05, 3.63) is 36.4 Å². The van der Waals surface area contributed by atoms with Crippen molar-refractivity contribution in [2.75, 3.05) is 23.6 Å². The monoisotopic (exact) mass is 420 g/mol. The van der Waals surface area contributed by atoms with Gasteiger partial charge in [-0.1, -0.05) is 18.7 Å². The first-order valence-electron chi connectivity index (χ1n) is 8.40. The first-order chi connectivity index (χ1) is 13.4. The molecule has 0 unspecified atom stereocenters. The van der Waals surface area contributed by atoms with Crippen LogP contribution in [0.1, 0.15) is 6.92 Å². The summed E-state index contributed by atoms with van der Waals surface area (Å²) < 4.78 is 40.0. The van der Waals surface area contributed by atoms with E-state index in [4.69, 9.17) is 13.9 Å². The van der Waals surface area contributed by atoms with E-state index in [1.807, 2.05) is 0 Å². The van der Waals surface area contributed by atoms with E-state index in [1.165, 1.54) is 12.1 Å². The fraction of sp³-hybridized carbons (Fsp3) is 0.222. The zero-order valence-corrected chi connectivity index (χ0v) is 16.4. The SMILES string of the molecule is CCS(=O)(=O)c1ccc2oc(SCC(=O)Nc3ccc4c(c3)OCO4)nc2c1. The number of nitrogens with one attached hydrogen (secondary N) is 1. The van der Waals surface area contributed by atoms with Crippen molar-refractivity contribution in [1.82, 2.24) is 4.98 Å². The van der Waals surface area contributed by atoms with Gasteiger partial charge in [-0.3, -0.25) is 4.79 Å². The van der Waals surface area contributed by atoms with Crippen LogP contribution in [0.5, 0.6) is 11.5 Å². The van der Waals surface area contributed by atoms with Gasteiger partial charge < -0.3 is 19.2 Å². The number of aromatic nitrogens is 1. The van der Waals surface area contributed by atoms with Crippen molar-refractivity contribution in [2.24, 2.45) is 0 Å². The van der Waals surface area contributed by atoms with Crippen molar-refractivity contribution in [3.8, 4) is 11.5 Å². The molecule has 146 valence electrons. The van der Waals surface area contributed by atoms with E-state index in [0.717, 1.165) is 11.8 Å². The van der Waals surface area contributed by atoms with Crippen molar-refractivity contribution >= 4 is 44.3 Å². The second-order valence-corrected chi connectivity index (χ2v) is 9.12. The fourth-order valence-corrected chi connectivity index (χ4v) is 4.14. The van der Waals surface area contributed by atoms with Crippen molar-refractivity contribution in [2.45, 2.75) is 17.0 Å². The molecule has 0 saturated heterocycles. The number of thioether (sulfide) groups is 1. The molecule has 0 radical (unpaired) electrons. The molecule has 2 aromatic carbocycles. The molecule has 1 aromatic heterocycles. The Morgan fingerprint density at radius 2 is 2.00 bits per heavy atom. The van der Waals surface area contributed by atoms with Crippen molar-refractivity contribution < 1.29 is 27.1 Å². The molecule has 28 heavy (non-hydrogen) atoms. The first kappa shape index (κ1) is 18.6. The van der Waals surface area contributed by atoms with Crippen LogP contribution in [0.2, 0.25) is 0 Å². The normalized spacial score (nSPS) is 13.0. The van der Waals surface area contributed by atoms with Crippen LogP contribution in [0, 0.1) is 0 Å². The molecular formula is C18H16N2O6S2. The van der Waals surface area contributed by atoms with E-state index in [-0.39, 0.29) is 29.1 Å². The number of benzene rings is 2. The highest BCUT2D eigenvalue weighted by Gasteiger charge is 2.17. The average molecular weight is 420 g/mol. The molecule has 1 N–H and O–H groups in total. The Labute approximate surface area is 165 Å². The minimum Gasteiger partial charge on any atom is -0.454 e. The van der Waals surface area contributed by atoms with E-state index >= 15 is 0 Å². The van der Waals surface area contributed by atoms with Gasteiger partial charge in [0.2, 0.25) is 12.7 Å². The maximum absolute atomic E-state index is 12.2. The van der Waals surface area contributed by atoms with Gasteiger partial charge in [-0.15, -0.1) is 0 Å². The fourth-order valence-electron chi connectivity index (χ4n) is 2.61. The van der Waals surface area contributed by atoms with Gasteiger partial charge in [0.25, 0.3) is 5.22 Å². The molecule has 0 saturated carbocycles. The quantitative estimate of drug-likeness (QED) is 0.606. The summed E-state index contributed by atoms with van der Waals surface area (Å²) in [4.78, 5) is 16.6. The number of hydrogen-bond donors (Lipinski definition) is 1. The van der Waals surface area contributed by atoms with E-state index in [2.05, 4.69) is 10.3 Å². The Balaban J connectivity index is 1.41. The molecule has 1 aliphatic heterocycles. The Hall–Kier alpha value is -2.72. The summed E-state index contributed by atoms with van der Waals surface area (Å²) in [5.74, 6) is 1.09. The Bertz CT molecular complexity index is 1160. The Morgan fingerprint density at radius 1 is 1.18 bits per heavy atom. The Morgan fingerprint density at radius 3 is 2.82 bits per heavy atom. The number of sulfone groups is 1. The number of carbonyl (C=O) groups excluding carboxylic acids is 1. The zero-order chi connectivity index (χ0) is 19.7. The van der Waals surface area contributed by atoms with Crippen LogP contribution in [0.25, 0.3) is 11.1 Å². The number of carbonyl (C=O) groups is 1. The van der Waals surface area contributed by atoms with Crippen LogP contribution < -0.4 is 14.8 Å². The van der Waals surface area contributed by atoms with E-state index in [1.54, 1.807) is 31.2 Å². The zero-order valence-electron chi connectivity index (χ0n) is 14.8. The highest BCUT2D eigenvalue weighted by molar-refractivity contribution is 7.99. The highest BCUT2D eigenvalue weighted by atomic mass is 32.2. The van der Waals surface area contributed by atoms with Gasteiger partial charge in [0, 0.05) is 11.8 Å². The minimum atomic E-state index is -3.32. The van der Waals surface area contributed by atoms with Crippen molar-refractivity contribution in [1.29, 1.82) is 0 Å². The largest absolute Gasteiger partial charge is 0.454 e. The van der Waals surface area contributed by atoms with Gasteiger partial charge in [-0.2, -0.15) is 0 Å². The first-order valence-corrected chi connectivity index (χ1v) is 11.0. The summed E-state index contributed by atoms with van der Waals surface area (Å²) in [5.41, 5.74) is 1.50. The van der Waals surface area contributed by atoms with Crippen LogP contribution in [0.3, 0.4) is 0 Å². The molecule has 3 aromatic rings. The Kier molecular flexibility index (Phi) is 4.90. The topological polar surface area (TPSA) is 108 Å². The van der Waals surface area contributed by atoms with Crippen LogP contribution in [0.4, 0.5) is 5.69 Å². The lowest BCUT2D eigenvalue weighted by atomic mass is 10.3. The molecule has 1 amide bonds. The molecule has 0 bridgehead atoms. The van der Waals surface area contributed by atoms with Gasteiger partial charge >= 0.3 is 0 Å². The molecule has 8 nitrogen and oxygen atoms in total. The second-order valence-electron chi connectivity index (χ2n) is 5.92. The summed E-state index contributed by atoms with van der Waals surface area (Å²) >= 11 is 1.12. The summed E-state index contributed by atoms with van der Waals surface area (Å²) in [6, 6.07) is 9.70. The standard InChI is InChI=1S/C18H16N2O6S2/c1-2-28(22,23)12-4-6-14-13(8-12)20-18(26-14)27-9-17(21)19-11-3-5-15-16(7-11)25-10-24-15/h3-8H,2,9-10H2,1H3,(H,19,21). The lowest BCUT2D eigenvalue weighted by Crippen LogP contribution is -2.13. The van der Waals surface area contributed by atoms with Crippen LogP contribution >= 0.6 is 11.8 Å². The summed E-state index contributed by atoms with van der Waals surface area (Å²) in [5, 5.41) is 3.06. The third-order valence-electron chi connectivity index (χ3n) is 4.06. The molecule has 0 fully saturated rings. The number of hydrogen-bond acceptors (Lipinski definition) is 8. The summed E-state index contributed by atoms with van der Waals surface area (Å²) in [6.45, 7) is 1.75. The van der Waals surface area contributed by atoms with Crippen LogP contribution in [-0.4, -0.2) is 37.6 Å². The maximum atomic E-state index is 12.2. The third kappa shape index (κ3) is 3.78. The van der Waals surface area contributed by atoms with Gasteiger partial charge in [0.15, 0.2) is 26.9 Å². The predicted octanol–water partition coefficient (Wildman–Crippen LogP) is 3.08. The van der Waals surface area contributed by atoms with E-state index in [0.29, 0.717) is 33.5 Å². The minimum absolute atomic E-state index is 0.0119. The molecule has 1 aliphatic rings. The number of amides is 1. The molecule has 4 rings (SSSR count). The lowest BCUT2D eigenvalue weighted by Gasteiger charge is -2.05. The van der Waals surface area contributed by atoms with Crippen LogP contribution in [0.15, 0.2) is 50.9 Å². The van der Waals surface area contributed by atoms with Gasteiger partial charge in [-0.05, 0) is 30.3 Å². The third-order valence-corrected chi connectivity index (χ3v) is 6.62. The van der Waals surface area contributed by atoms with Gasteiger partial charge in [0.05, 0.1) is 16.4 Å². The number of ether oxygens (including phenoxy) is 2. The maximum Gasteiger partial charge on any atom is 0.257 e. The van der Waals surface area contributed by atoms with Crippen LogP contribution in [-0.2, 0) is 14.6 Å². The number of anilines is 1. The number of nitrogens with zero attached hydrogens (tertiary/aromatic N) is 1. The van der Waals surface area contributed by atoms with Crippen molar-refractivity contribution in [3.63, 3.8) is 0 Å². The van der Waals surface area contributed by atoms with E-state index < -0.39 is 9.84 Å². The summed E-state index contributed by atoms with van der Waals surface area (Å²) in [6.07, 6.45) is 0. The number of rotatable bonds is 6. The second kappa shape index (κ2) is 7.36. The molecule has 0 spiro atoms.